The molecular formula is C13H13NO2. The van der Waals surface area contributed by atoms with Crippen LogP contribution in [0.15, 0.2) is 30.3 Å². The van der Waals surface area contributed by atoms with Gasteiger partial charge < -0.3 is 4.90 Å². The van der Waals surface area contributed by atoms with Gasteiger partial charge in [0.25, 0.3) is 0 Å². The summed E-state index contributed by atoms with van der Waals surface area (Å²) < 4.78 is 0. The zero-order chi connectivity index (χ0) is 11.1. The normalized spacial score (nSPS) is 27.9. The molecule has 16 heavy (non-hydrogen) atoms. The maximum Gasteiger partial charge on any atom is 0.227 e. The summed E-state index contributed by atoms with van der Waals surface area (Å²) in [6.07, 6.45) is 1.21. The molecule has 2 bridgehead atoms. The average molecular weight is 215 g/mol. The molecule has 3 rings (SSSR count). The van der Waals surface area contributed by atoms with E-state index in [2.05, 4.69) is 0 Å². The van der Waals surface area contributed by atoms with Crippen molar-refractivity contribution in [1.82, 2.24) is 4.90 Å². The highest BCUT2D eigenvalue weighted by Gasteiger charge is 2.49. The first-order valence-electron chi connectivity index (χ1n) is 5.63. The van der Waals surface area contributed by atoms with Crippen LogP contribution in [0.25, 0.3) is 0 Å². The highest BCUT2D eigenvalue weighted by atomic mass is 16.2. The van der Waals surface area contributed by atoms with Crippen molar-refractivity contribution in [1.29, 1.82) is 0 Å². The lowest BCUT2D eigenvalue weighted by atomic mass is 10.1. The Bertz CT molecular complexity index is 441. The van der Waals surface area contributed by atoms with Gasteiger partial charge >= 0.3 is 0 Å². The van der Waals surface area contributed by atoms with Crippen LogP contribution in [0.5, 0.6) is 0 Å². The first kappa shape index (κ1) is 9.58. The van der Waals surface area contributed by atoms with Gasteiger partial charge in [0, 0.05) is 18.9 Å². The number of ketones is 1. The van der Waals surface area contributed by atoms with E-state index in [0.29, 0.717) is 13.0 Å². The molecule has 1 amide bonds. The van der Waals surface area contributed by atoms with E-state index in [1.807, 2.05) is 30.3 Å². The molecule has 1 aromatic rings. The first-order chi connectivity index (χ1) is 7.75. The fourth-order valence-corrected chi connectivity index (χ4v) is 2.71. The molecular weight excluding hydrogens is 202 g/mol. The topological polar surface area (TPSA) is 37.4 Å². The Morgan fingerprint density at radius 2 is 1.94 bits per heavy atom. The predicted molar refractivity (Wildman–Crippen MR) is 58.5 cm³/mol. The van der Waals surface area contributed by atoms with E-state index < -0.39 is 0 Å². The van der Waals surface area contributed by atoms with Crippen LogP contribution in [0.3, 0.4) is 0 Å². The lowest BCUT2D eigenvalue weighted by Gasteiger charge is -2.26. The molecule has 3 nitrogen and oxygen atoms in total. The van der Waals surface area contributed by atoms with Crippen molar-refractivity contribution in [3.63, 3.8) is 0 Å². The van der Waals surface area contributed by atoms with E-state index in [1.54, 1.807) is 4.90 Å². The van der Waals surface area contributed by atoms with Gasteiger partial charge in [-0.1, -0.05) is 30.3 Å². The standard InChI is InChI=1S/C13H13NO2/c15-12-7-10-6-11(12)14(13(10)16)8-9-4-2-1-3-5-9/h1-5,10-11H,6-8H2/t10-,11+/m1/s1. The highest BCUT2D eigenvalue weighted by Crippen LogP contribution is 2.36. The summed E-state index contributed by atoms with van der Waals surface area (Å²) in [4.78, 5) is 25.2. The maximum atomic E-state index is 11.9. The molecule has 0 radical (unpaired) electrons. The highest BCUT2D eigenvalue weighted by molar-refractivity contribution is 6.00. The number of Topliss-reactive ketones (excluding diaryl/α,β-unsaturated/α-hetero) is 1. The van der Waals surface area contributed by atoms with E-state index >= 15 is 0 Å². The third-order valence-corrected chi connectivity index (χ3v) is 3.53. The first-order valence-corrected chi connectivity index (χ1v) is 5.63. The molecule has 1 aliphatic heterocycles. The number of fused-ring (bicyclic) bond motifs is 2. The van der Waals surface area contributed by atoms with Crippen molar-refractivity contribution in [3.05, 3.63) is 35.9 Å². The van der Waals surface area contributed by atoms with Crippen LogP contribution in [0.4, 0.5) is 0 Å². The largest absolute Gasteiger partial charge is 0.328 e. The zero-order valence-electron chi connectivity index (χ0n) is 8.93. The minimum Gasteiger partial charge on any atom is -0.328 e. The minimum atomic E-state index is -0.141. The second-order valence-electron chi connectivity index (χ2n) is 4.57. The summed E-state index contributed by atoms with van der Waals surface area (Å²) in [5, 5.41) is 0. The second-order valence-corrected chi connectivity index (χ2v) is 4.57. The Kier molecular flexibility index (Phi) is 2.06. The number of nitrogens with zero attached hydrogens (tertiary/aromatic N) is 1. The SMILES string of the molecule is O=C1C[C@H]2C[C@@H]1N(Cc1ccccc1)C2=O. The van der Waals surface area contributed by atoms with Crippen LogP contribution < -0.4 is 0 Å². The van der Waals surface area contributed by atoms with Crippen LogP contribution >= 0.6 is 0 Å². The molecule has 0 unspecified atom stereocenters. The van der Waals surface area contributed by atoms with E-state index in [9.17, 15) is 9.59 Å². The Balaban J connectivity index is 1.81. The molecule has 2 fully saturated rings. The fourth-order valence-electron chi connectivity index (χ4n) is 2.71. The van der Waals surface area contributed by atoms with E-state index in [1.165, 1.54) is 0 Å². The molecule has 1 heterocycles. The molecule has 1 aromatic carbocycles. The molecule has 0 N–H and O–H groups in total. The quantitative estimate of drug-likeness (QED) is 0.747. The van der Waals surface area contributed by atoms with Crippen LogP contribution in [-0.2, 0) is 16.1 Å². The second kappa shape index (κ2) is 3.44. The maximum absolute atomic E-state index is 11.9. The van der Waals surface area contributed by atoms with Crippen molar-refractivity contribution >= 4 is 11.7 Å². The van der Waals surface area contributed by atoms with E-state index in [0.717, 1.165) is 12.0 Å². The lowest BCUT2D eigenvalue weighted by Crippen LogP contribution is -2.41. The van der Waals surface area contributed by atoms with Crippen LogP contribution in [0, 0.1) is 5.92 Å². The number of hydrogen-bond donors (Lipinski definition) is 0. The van der Waals surface area contributed by atoms with Gasteiger partial charge in [0.05, 0.1) is 6.04 Å². The average Bonchev–Trinajstić information content (AvgIpc) is 2.80. The van der Waals surface area contributed by atoms with Crippen molar-refractivity contribution in [2.45, 2.75) is 25.4 Å². The van der Waals surface area contributed by atoms with Crippen molar-refractivity contribution in [3.8, 4) is 0 Å². The number of piperidine rings is 1. The van der Waals surface area contributed by atoms with Gasteiger partial charge in [-0.15, -0.1) is 0 Å². The Hall–Kier alpha value is -1.64. The summed E-state index contributed by atoms with van der Waals surface area (Å²) >= 11 is 0. The molecule has 0 spiro atoms. The minimum absolute atomic E-state index is 0.0267. The van der Waals surface area contributed by atoms with Crippen molar-refractivity contribution < 1.29 is 9.59 Å². The van der Waals surface area contributed by atoms with Gasteiger partial charge in [-0.05, 0) is 12.0 Å². The molecule has 82 valence electrons. The smallest absolute Gasteiger partial charge is 0.227 e. The van der Waals surface area contributed by atoms with Crippen molar-refractivity contribution in [2.24, 2.45) is 5.92 Å². The van der Waals surface area contributed by atoms with Gasteiger partial charge in [-0.2, -0.15) is 0 Å². The summed E-state index contributed by atoms with van der Waals surface area (Å²) in [6, 6.07) is 9.70. The molecule has 1 saturated heterocycles. The van der Waals surface area contributed by atoms with Gasteiger partial charge in [-0.25, -0.2) is 0 Å². The summed E-state index contributed by atoms with van der Waals surface area (Å²) in [5.74, 6) is 0.371. The number of benzene rings is 1. The molecule has 0 aromatic heterocycles. The number of rotatable bonds is 2. The summed E-state index contributed by atoms with van der Waals surface area (Å²) in [6.45, 7) is 0.576. The van der Waals surface area contributed by atoms with Gasteiger partial charge in [-0.3, -0.25) is 9.59 Å². The zero-order valence-corrected chi connectivity index (χ0v) is 8.93. The van der Waals surface area contributed by atoms with Crippen molar-refractivity contribution in [2.75, 3.05) is 0 Å². The van der Waals surface area contributed by atoms with Crippen LogP contribution in [0.2, 0.25) is 0 Å². The van der Waals surface area contributed by atoms with E-state index in [4.69, 9.17) is 0 Å². The third-order valence-electron chi connectivity index (χ3n) is 3.53. The number of hydrogen-bond acceptors (Lipinski definition) is 2. The van der Waals surface area contributed by atoms with Gasteiger partial charge in [0.15, 0.2) is 5.78 Å². The lowest BCUT2D eigenvalue weighted by molar-refractivity contribution is -0.141. The molecule has 1 aliphatic carbocycles. The Morgan fingerprint density at radius 1 is 1.19 bits per heavy atom. The Labute approximate surface area is 94.1 Å². The summed E-state index contributed by atoms with van der Waals surface area (Å²) in [5.41, 5.74) is 1.09. The van der Waals surface area contributed by atoms with Gasteiger partial charge in [0.1, 0.15) is 0 Å². The predicted octanol–water partition coefficient (Wildman–Crippen LogP) is 1.38. The van der Waals surface area contributed by atoms with Crippen LogP contribution in [-0.4, -0.2) is 22.6 Å². The fraction of sp³-hybridized carbons (Fsp3) is 0.385. The Morgan fingerprint density at radius 3 is 2.62 bits per heavy atom. The third kappa shape index (κ3) is 1.35. The monoisotopic (exact) mass is 215 g/mol. The summed E-state index contributed by atoms with van der Waals surface area (Å²) in [7, 11) is 0. The number of amides is 1. The molecule has 3 heteroatoms. The number of likely N-dealkylation sites (tertiary alicyclic amines) is 1. The van der Waals surface area contributed by atoms with Gasteiger partial charge in [0.2, 0.25) is 5.91 Å². The van der Waals surface area contributed by atoms with E-state index in [-0.39, 0.29) is 23.7 Å². The molecule has 2 atom stereocenters. The number of carbonyl (C=O) groups excluding carboxylic acids is 2. The molecule has 1 saturated carbocycles. The molecule has 2 aliphatic rings. The van der Waals surface area contributed by atoms with Crippen LogP contribution in [0.1, 0.15) is 18.4 Å². The number of carbonyl (C=O) groups is 2.